The molecule has 0 saturated carbocycles. The Balaban J connectivity index is 2.05. The second-order valence-electron chi connectivity index (χ2n) is 5.80. The second-order valence-corrected chi connectivity index (χ2v) is 9.54. The molecule has 0 aliphatic carbocycles. The van der Waals surface area contributed by atoms with E-state index >= 15 is 0 Å². The third kappa shape index (κ3) is 4.60. The summed E-state index contributed by atoms with van der Waals surface area (Å²) in [5.41, 5.74) is 1.16. The lowest BCUT2D eigenvalue weighted by atomic mass is 9.96. The lowest BCUT2D eigenvalue weighted by Crippen LogP contribution is -2.30. The Morgan fingerprint density at radius 2 is 1.71 bits per heavy atom. The van der Waals surface area contributed by atoms with Crippen LogP contribution in [0.4, 0.5) is 0 Å². The minimum Gasteiger partial charge on any atom is -0.207 e. The van der Waals surface area contributed by atoms with E-state index in [-0.39, 0.29) is 0 Å². The lowest BCUT2D eigenvalue weighted by molar-refractivity contribution is 0.445. The molecule has 2 rings (SSSR count). The molecular weight excluding hydrogens is 362 g/mol. The molecule has 0 saturated heterocycles. The summed E-state index contributed by atoms with van der Waals surface area (Å²) < 4.78 is 27.3. The van der Waals surface area contributed by atoms with Gasteiger partial charge in [0.1, 0.15) is 0 Å². The van der Waals surface area contributed by atoms with Crippen molar-refractivity contribution < 1.29 is 8.42 Å². The van der Waals surface area contributed by atoms with Crippen LogP contribution in [0.3, 0.4) is 0 Å². The number of rotatable bonds is 8. The zero-order valence-electron chi connectivity index (χ0n) is 14.3. The SMILES string of the molecule is CCN(CC)S(=O)(=O)c1ccc(C(C)CCc2ccc(Cl)s2)cc1. The van der Waals surface area contributed by atoms with E-state index in [0.717, 1.165) is 22.7 Å². The fourth-order valence-electron chi connectivity index (χ4n) is 2.69. The summed E-state index contributed by atoms with van der Waals surface area (Å²) in [6.07, 6.45) is 2.00. The van der Waals surface area contributed by atoms with Crippen LogP contribution in [0.5, 0.6) is 0 Å². The van der Waals surface area contributed by atoms with Crippen molar-refractivity contribution in [3.05, 3.63) is 51.2 Å². The van der Waals surface area contributed by atoms with E-state index in [4.69, 9.17) is 11.6 Å². The van der Waals surface area contributed by atoms with Gasteiger partial charge in [0.25, 0.3) is 0 Å². The normalized spacial score (nSPS) is 13.4. The van der Waals surface area contributed by atoms with Crippen molar-refractivity contribution in [2.75, 3.05) is 13.1 Å². The molecule has 0 spiro atoms. The monoisotopic (exact) mass is 385 g/mol. The van der Waals surface area contributed by atoms with Gasteiger partial charge < -0.3 is 0 Å². The topological polar surface area (TPSA) is 37.4 Å². The molecule has 1 heterocycles. The molecule has 1 atom stereocenters. The third-order valence-corrected chi connectivity index (χ3v) is 7.60. The highest BCUT2D eigenvalue weighted by Crippen LogP contribution is 2.27. The Hall–Kier alpha value is -0.880. The Morgan fingerprint density at radius 3 is 2.21 bits per heavy atom. The van der Waals surface area contributed by atoms with Crippen molar-refractivity contribution in [1.29, 1.82) is 0 Å². The van der Waals surface area contributed by atoms with E-state index in [9.17, 15) is 8.42 Å². The van der Waals surface area contributed by atoms with Crippen LogP contribution in [-0.4, -0.2) is 25.8 Å². The first-order valence-electron chi connectivity index (χ1n) is 8.22. The van der Waals surface area contributed by atoms with E-state index < -0.39 is 10.0 Å². The van der Waals surface area contributed by atoms with Crippen molar-refractivity contribution in [3.63, 3.8) is 0 Å². The van der Waals surface area contributed by atoms with Crippen LogP contribution in [0, 0.1) is 0 Å². The molecule has 1 aromatic heterocycles. The van der Waals surface area contributed by atoms with Gasteiger partial charge in [0.2, 0.25) is 10.0 Å². The third-order valence-electron chi connectivity index (χ3n) is 4.24. The summed E-state index contributed by atoms with van der Waals surface area (Å²) in [7, 11) is -3.38. The number of sulfonamides is 1. The van der Waals surface area contributed by atoms with Gasteiger partial charge in [0.15, 0.2) is 0 Å². The number of thiophene rings is 1. The molecule has 24 heavy (non-hydrogen) atoms. The van der Waals surface area contributed by atoms with E-state index in [1.54, 1.807) is 23.5 Å². The fraction of sp³-hybridized carbons (Fsp3) is 0.444. The van der Waals surface area contributed by atoms with E-state index in [2.05, 4.69) is 13.0 Å². The predicted molar refractivity (Wildman–Crippen MR) is 103 cm³/mol. The summed E-state index contributed by atoms with van der Waals surface area (Å²) in [6.45, 7) is 6.85. The van der Waals surface area contributed by atoms with Gasteiger partial charge in [-0.05, 0) is 48.6 Å². The van der Waals surface area contributed by atoms with Gasteiger partial charge in [-0.1, -0.05) is 44.5 Å². The summed E-state index contributed by atoms with van der Waals surface area (Å²) >= 11 is 7.58. The minimum atomic E-state index is -3.38. The van der Waals surface area contributed by atoms with E-state index in [0.29, 0.717) is 23.9 Å². The Bertz CT molecular complexity index is 750. The molecule has 0 amide bonds. The molecule has 0 N–H and O–H groups in total. The average Bonchev–Trinajstić information content (AvgIpc) is 2.99. The van der Waals surface area contributed by atoms with Crippen LogP contribution in [0.1, 0.15) is 43.6 Å². The molecule has 0 fully saturated rings. The minimum absolute atomic E-state index is 0.368. The number of hydrogen-bond donors (Lipinski definition) is 0. The number of nitrogens with zero attached hydrogens (tertiary/aromatic N) is 1. The Kier molecular flexibility index (Phi) is 6.87. The van der Waals surface area contributed by atoms with Gasteiger partial charge in [-0.2, -0.15) is 4.31 Å². The maximum Gasteiger partial charge on any atom is 0.243 e. The van der Waals surface area contributed by atoms with Gasteiger partial charge in [-0.15, -0.1) is 11.3 Å². The maximum atomic E-state index is 12.5. The zero-order valence-corrected chi connectivity index (χ0v) is 16.7. The first-order chi connectivity index (χ1) is 11.4. The number of aryl methyl sites for hydroxylation is 1. The molecule has 0 radical (unpaired) electrons. The van der Waals surface area contributed by atoms with Crippen molar-refractivity contribution in [2.24, 2.45) is 0 Å². The molecule has 1 unspecified atom stereocenters. The second kappa shape index (κ2) is 8.48. The average molecular weight is 386 g/mol. The van der Waals surface area contributed by atoms with Gasteiger partial charge in [-0.3, -0.25) is 0 Å². The smallest absolute Gasteiger partial charge is 0.207 e. The number of hydrogen-bond acceptors (Lipinski definition) is 3. The zero-order chi connectivity index (χ0) is 17.7. The molecule has 1 aromatic carbocycles. The quantitative estimate of drug-likeness (QED) is 0.628. The Morgan fingerprint density at radius 1 is 1.08 bits per heavy atom. The largest absolute Gasteiger partial charge is 0.243 e. The van der Waals surface area contributed by atoms with Gasteiger partial charge in [0, 0.05) is 18.0 Å². The van der Waals surface area contributed by atoms with Crippen molar-refractivity contribution in [2.45, 2.75) is 44.4 Å². The molecular formula is C18H24ClNO2S2. The Labute approximate surface area is 154 Å². The maximum absolute atomic E-state index is 12.5. The van der Waals surface area contributed by atoms with E-state index in [1.165, 1.54) is 9.18 Å². The summed E-state index contributed by atoms with van der Waals surface area (Å²) in [5.74, 6) is 0.371. The van der Waals surface area contributed by atoms with Crippen LogP contribution >= 0.6 is 22.9 Å². The van der Waals surface area contributed by atoms with Crippen molar-refractivity contribution in [1.82, 2.24) is 4.31 Å². The van der Waals surface area contributed by atoms with Crippen LogP contribution in [0.2, 0.25) is 4.34 Å². The van der Waals surface area contributed by atoms with E-state index in [1.807, 2.05) is 32.0 Å². The standard InChI is InChI=1S/C18H24ClNO2S2/c1-4-20(5-2)24(21,22)17-11-7-15(8-12-17)14(3)6-9-16-10-13-18(19)23-16/h7-8,10-14H,4-6,9H2,1-3H3. The van der Waals surface area contributed by atoms with Gasteiger partial charge in [0.05, 0.1) is 9.23 Å². The van der Waals surface area contributed by atoms with Crippen LogP contribution in [0.15, 0.2) is 41.3 Å². The van der Waals surface area contributed by atoms with Gasteiger partial charge >= 0.3 is 0 Å². The van der Waals surface area contributed by atoms with Gasteiger partial charge in [-0.25, -0.2) is 8.42 Å². The molecule has 2 aromatic rings. The summed E-state index contributed by atoms with van der Waals surface area (Å²) in [5, 5.41) is 0. The summed E-state index contributed by atoms with van der Waals surface area (Å²) in [6, 6.07) is 11.3. The van der Waals surface area contributed by atoms with Crippen molar-refractivity contribution in [3.8, 4) is 0 Å². The van der Waals surface area contributed by atoms with Crippen LogP contribution in [0.25, 0.3) is 0 Å². The number of benzene rings is 1. The first-order valence-corrected chi connectivity index (χ1v) is 10.9. The molecule has 0 bridgehead atoms. The highest BCUT2D eigenvalue weighted by Gasteiger charge is 2.21. The molecule has 132 valence electrons. The molecule has 3 nitrogen and oxygen atoms in total. The first kappa shape index (κ1) is 19.4. The molecule has 0 aliphatic rings. The molecule has 0 aliphatic heterocycles. The number of halogens is 1. The van der Waals surface area contributed by atoms with Crippen LogP contribution in [-0.2, 0) is 16.4 Å². The van der Waals surface area contributed by atoms with Crippen LogP contribution < -0.4 is 0 Å². The molecule has 6 heteroatoms. The van der Waals surface area contributed by atoms with Crippen molar-refractivity contribution >= 4 is 33.0 Å². The summed E-state index contributed by atoms with van der Waals surface area (Å²) in [4.78, 5) is 1.65. The fourth-order valence-corrected chi connectivity index (χ4v) is 5.25. The highest BCUT2D eigenvalue weighted by atomic mass is 35.5. The highest BCUT2D eigenvalue weighted by molar-refractivity contribution is 7.89. The predicted octanol–water partition coefficient (Wildman–Crippen LogP) is 5.17. The lowest BCUT2D eigenvalue weighted by Gasteiger charge is -2.19.